The molecular weight excluding hydrogens is 548 g/mol. The molecule has 0 spiro atoms. The third kappa shape index (κ3) is 5.38. The second kappa shape index (κ2) is 10.5. The molecule has 1 aromatic heterocycles. The molecule has 2 heterocycles. The van der Waals surface area contributed by atoms with Crippen molar-refractivity contribution in [3.05, 3.63) is 89.6 Å². The van der Waals surface area contributed by atoms with Crippen molar-refractivity contribution in [1.29, 1.82) is 0 Å². The zero-order valence-electron chi connectivity index (χ0n) is 21.4. The molecular formula is C29H27ClN6O3S. The third-order valence-corrected chi connectivity index (χ3v) is 8.87. The molecule has 9 nitrogen and oxygen atoms in total. The average molecular weight is 575 g/mol. The van der Waals surface area contributed by atoms with Gasteiger partial charge in [0.05, 0.1) is 10.3 Å². The normalized spacial score (nSPS) is 17.1. The van der Waals surface area contributed by atoms with Gasteiger partial charge in [-0.2, -0.15) is 4.98 Å². The molecule has 1 saturated carbocycles. The number of anilines is 4. The molecule has 0 radical (unpaired) electrons. The molecule has 204 valence electrons. The molecule has 1 aliphatic heterocycles. The highest BCUT2D eigenvalue weighted by Gasteiger charge is 2.51. The topological polar surface area (TPSA) is 125 Å². The van der Waals surface area contributed by atoms with E-state index in [0.717, 1.165) is 29.5 Å². The van der Waals surface area contributed by atoms with Gasteiger partial charge in [0.15, 0.2) is 0 Å². The molecule has 4 bridgehead atoms. The van der Waals surface area contributed by atoms with Gasteiger partial charge in [-0.3, -0.25) is 4.79 Å². The molecule has 0 atom stereocenters. The molecule has 1 aliphatic carbocycles. The minimum absolute atomic E-state index is 0.0271. The van der Waals surface area contributed by atoms with Crippen molar-refractivity contribution < 1.29 is 13.2 Å². The second-order valence-electron chi connectivity index (χ2n) is 9.91. The number of sulfonamides is 1. The zero-order valence-corrected chi connectivity index (χ0v) is 23.0. The summed E-state index contributed by atoms with van der Waals surface area (Å²) < 4.78 is 27.9. The van der Waals surface area contributed by atoms with Crippen molar-refractivity contribution in [1.82, 2.24) is 14.7 Å². The van der Waals surface area contributed by atoms with Gasteiger partial charge in [0.25, 0.3) is 0 Å². The molecule has 0 unspecified atom stereocenters. The molecule has 4 N–H and O–H groups in total. The van der Waals surface area contributed by atoms with Crippen molar-refractivity contribution >= 4 is 50.7 Å². The van der Waals surface area contributed by atoms with E-state index >= 15 is 0 Å². The van der Waals surface area contributed by atoms with Crippen LogP contribution in [0.3, 0.4) is 0 Å². The maximum Gasteiger partial charge on any atom is 0.240 e. The van der Waals surface area contributed by atoms with Crippen LogP contribution in [0.1, 0.15) is 24.8 Å². The minimum Gasteiger partial charge on any atom is -0.369 e. The van der Waals surface area contributed by atoms with Crippen LogP contribution < -0.4 is 20.7 Å². The number of hydrogen-bond donors (Lipinski definition) is 4. The Morgan fingerprint density at radius 2 is 1.75 bits per heavy atom. The van der Waals surface area contributed by atoms with E-state index in [-0.39, 0.29) is 17.3 Å². The van der Waals surface area contributed by atoms with Crippen LogP contribution in [-0.4, -0.2) is 37.4 Å². The highest BCUT2D eigenvalue weighted by Crippen LogP contribution is 2.49. The van der Waals surface area contributed by atoms with Crippen LogP contribution in [0.4, 0.5) is 23.1 Å². The summed E-state index contributed by atoms with van der Waals surface area (Å²) in [5, 5.41) is 10.1. The molecule has 40 heavy (non-hydrogen) atoms. The first kappa shape index (κ1) is 26.2. The highest BCUT2D eigenvalue weighted by molar-refractivity contribution is 7.89. The second-order valence-corrected chi connectivity index (χ2v) is 12.1. The number of benzene rings is 3. The average Bonchev–Trinajstić information content (AvgIpc) is 3.76. The Labute approximate surface area is 237 Å². The molecule has 4 aromatic rings. The maximum absolute atomic E-state index is 13.2. The van der Waals surface area contributed by atoms with E-state index in [4.69, 9.17) is 11.6 Å². The van der Waals surface area contributed by atoms with Crippen LogP contribution in [0.15, 0.2) is 83.9 Å². The van der Waals surface area contributed by atoms with Crippen molar-refractivity contribution in [2.75, 3.05) is 29.0 Å². The van der Waals surface area contributed by atoms with Crippen LogP contribution >= 0.6 is 11.6 Å². The van der Waals surface area contributed by atoms with Crippen LogP contribution in [-0.2, 0) is 20.2 Å². The Bertz CT molecular complexity index is 1670. The number of rotatable bonds is 4. The summed E-state index contributed by atoms with van der Waals surface area (Å²) in [6.07, 6.45) is 3.89. The standard InChI is InChI=1S/C29H27ClN6O3S/c30-21-9-7-20(8-10-21)29(13-14-29)27(37)34-22-11-5-19(6-12-22)25-18-32-28-35-23-3-1-4-24(17-23)40(38,39)33-16-2-15-31-26(25)36-28/h1,3-12,17-18,33H,2,13-16H2,(H,34,37)(H2,31,32,35,36). The van der Waals surface area contributed by atoms with Crippen molar-refractivity contribution in [2.24, 2.45) is 0 Å². The van der Waals surface area contributed by atoms with E-state index in [1.807, 2.05) is 48.5 Å². The SMILES string of the molecule is O=C(Nc1ccc(-c2cnc3nc2NCCCNS(=O)(=O)c2cccc(c2)N3)cc1)C1(c2ccc(Cl)cc2)CC1. The Kier molecular flexibility index (Phi) is 6.91. The predicted molar refractivity (Wildman–Crippen MR) is 156 cm³/mol. The van der Waals surface area contributed by atoms with Gasteiger partial charge in [0.1, 0.15) is 5.82 Å². The van der Waals surface area contributed by atoms with Gasteiger partial charge in [0.2, 0.25) is 21.9 Å². The minimum atomic E-state index is -3.62. The molecule has 11 heteroatoms. The first-order chi connectivity index (χ1) is 19.3. The Morgan fingerprint density at radius 3 is 2.50 bits per heavy atom. The van der Waals surface area contributed by atoms with Gasteiger partial charge in [-0.15, -0.1) is 0 Å². The smallest absolute Gasteiger partial charge is 0.240 e. The van der Waals surface area contributed by atoms with Gasteiger partial charge in [-0.05, 0) is 72.9 Å². The van der Waals surface area contributed by atoms with E-state index in [2.05, 4.69) is 30.6 Å². The van der Waals surface area contributed by atoms with E-state index < -0.39 is 15.4 Å². The summed E-state index contributed by atoms with van der Waals surface area (Å²) >= 11 is 6.03. The largest absolute Gasteiger partial charge is 0.369 e. The number of nitrogens with zero attached hydrogens (tertiary/aromatic N) is 2. The fraction of sp³-hybridized carbons (Fsp3) is 0.207. The van der Waals surface area contributed by atoms with Gasteiger partial charge >= 0.3 is 0 Å². The lowest BCUT2D eigenvalue weighted by Gasteiger charge is -2.17. The monoisotopic (exact) mass is 574 g/mol. The molecule has 3 aromatic carbocycles. The molecule has 1 fully saturated rings. The Hall–Kier alpha value is -3.99. The van der Waals surface area contributed by atoms with E-state index in [0.29, 0.717) is 41.1 Å². The quantitative estimate of drug-likeness (QED) is 0.260. The van der Waals surface area contributed by atoms with Gasteiger partial charge in [-0.25, -0.2) is 18.1 Å². The van der Waals surface area contributed by atoms with Crippen molar-refractivity contribution in [3.63, 3.8) is 0 Å². The molecule has 1 amide bonds. The molecule has 0 saturated heterocycles. The molecule has 6 rings (SSSR count). The first-order valence-corrected chi connectivity index (χ1v) is 14.8. The lowest BCUT2D eigenvalue weighted by molar-refractivity contribution is -0.118. The van der Waals surface area contributed by atoms with Gasteiger partial charge in [0, 0.05) is 41.2 Å². The van der Waals surface area contributed by atoms with Crippen LogP contribution in [0.2, 0.25) is 5.02 Å². The van der Waals surface area contributed by atoms with Crippen LogP contribution in [0.25, 0.3) is 11.1 Å². The van der Waals surface area contributed by atoms with Crippen LogP contribution in [0.5, 0.6) is 0 Å². The number of fused-ring (bicyclic) bond motifs is 4. The number of carbonyl (C=O) groups excluding carboxylic acids is 1. The fourth-order valence-corrected chi connectivity index (χ4v) is 6.01. The highest BCUT2D eigenvalue weighted by atomic mass is 35.5. The lowest BCUT2D eigenvalue weighted by atomic mass is 9.95. The molecule has 2 aliphatic rings. The third-order valence-electron chi connectivity index (χ3n) is 7.16. The lowest BCUT2D eigenvalue weighted by Crippen LogP contribution is -2.27. The summed E-state index contributed by atoms with van der Waals surface area (Å²) in [4.78, 5) is 22.5. The number of nitrogens with one attached hydrogen (secondary N) is 4. The van der Waals surface area contributed by atoms with Gasteiger partial charge in [-0.1, -0.05) is 41.9 Å². The number of halogens is 1. The van der Waals surface area contributed by atoms with Crippen molar-refractivity contribution in [2.45, 2.75) is 29.6 Å². The summed E-state index contributed by atoms with van der Waals surface area (Å²) in [6.45, 7) is 0.788. The van der Waals surface area contributed by atoms with Crippen molar-refractivity contribution in [3.8, 4) is 11.1 Å². The Morgan fingerprint density at radius 1 is 0.975 bits per heavy atom. The fourth-order valence-electron chi connectivity index (χ4n) is 4.77. The zero-order chi connectivity index (χ0) is 27.7. The van der Waals surface area contributed by atoms with E-state index in [1.165, 1.54) is 0 Å². The number of hydrogen-bond acceptors (Lipinski definition) is 7. The number of carbonyl (C=O) groups is 1. The van der Waals surface area contributed by atoms with Gasteiger partial charge < -0.3 is 16.0 Å². The summed E-state index contributed by atoms with van der Waals surface area (Å²) in [5.74, 6) is 0.932. The Balaban J connectivity index is 1.22. The maximum atomic E-state index is 13.2. The summed E-state index contributed by atoms with van der Waals surface area (Å²) in [6, 6.07) is 21.6. The predicted octanol–water partition coefficient (Wildman–Crippen LogP) is 5.30. The van der Waals surface area contributed by atoms with Crippen LogP contribution in [0, 0.1) is 0 Å². The summed E-state index contributed by atoms with van der Waals surface area (Å²) in [7, 11) is -3.62. The summed E-state index contributed by atoms with van der Waals surface area (Å²) in [5.41, 5.74) is 3.39. The van der Waals surface area contributed by atoms with E-state index in [1.54, 1.807) is 30.5 Å². The first-order valence-electron chi connectivity index (χ1n) is 13.0. The van der Waals surface area contributed by atoms with E-state index in [9.17, 15) is 13.2 Å². The number of amides is 1. The number of aromatic nitrogens is 2.